The first kappa shape index (κ1) is 22.9. The molecule has 29 heavy (non-hydrogen) atoms. The summed E-state index contributed by atoms with van der Waals surface area (Å²) in [4.78, 5) is 22.9. The SMILES string of the molecule is O=C(CCNCCCc1ccc(OCCc2cccs2)cc1)OC(=O)C(F)(F)F. The Labute approximate surface area is 170 Å². The Morgan fingerprint density at radius 1 is 1.03 bits per heavy atom. The van der Waals surface area contributed by atoms with E-state index in [2.05, 4.69) is 16.1 Å². The largest absolute Gasteiger partial charge is 0.493 e. The van der Waals surface area contributed by atoms with Gasteiger partial charge in [-0.25, -0.2) is 4.79 Å². The smallest absolute Gasteiger partial charge is 0.491 e. The first-order valence-electron chi connectivity index (χ1n) is 9.11. The van der Waals surface area contributed by atoms with Crippen molar-refractivity contribution in [3.63, 3.8) is 0 Å². The number of rotatable bonds is 11. The van der Waals surface area contributed by atoms with Gasteiger partial charge in [-0.05, 0) is 48.5 Å². The van der Waals surface area contributed by atoms with Crippen LogP contribution in [-0.4, -0.2) is 37.8 Å². The number of ether oxygens (including phenoxy) is 2. The molecule has 0 spiro atoms. The number of hydrogen-bond donors (Lipinski definition) is 1. The van der Waals surface area contributed by atoms with Crippen LogP contribution in [0.5, 0.6) is 5.75 Å². The lowest BCUT2D eigenvalue weighted by Gasteiger charge is -2.08. The van der Waals surface area contributed by atoms with Gasteiger partial charge >= 0.3 is 18.1 Å². The molecule has 1 aromatic heterocycles. The Morgan fingerprint density at radius 3 is 2.45 bits per heavy atom. The van der Waals surface area contributed by atoms with E-state index in [4.69, 9.17) is 4.74 Å². The van der Waals surface area contributed by atoms with E-state index in [-0.39, 0.29) is 13.0 Å². The topological polar surface area (TPSA) is 64.6 Å². The van der Waals surface area contributed by atoms with Gasteiger partial charge in [0.1, 0.15) is 5.75 Å². The normalized spacial score (nSPS) is 11.3. The molecular weight excluding hydrogens is 407 g/mol. The second kappa shape index (κ2) is 11.6. The Bertz CT molecular complexity index is 761. The van der Waals surface area contributed by atoms with Crippen LogP contribution in [0, 0.1) is 0 Å². The van der Waals surface area contributed by atoms with Crippen molar-refractivity contribution in [1.29, 1.82) is 0 Å². The summed E-state index contributed by atoms with van der Waals surface area (Å²) in [5.41, 5.74) is 1.13. The van der Waals surface area contributed by atoms with Crippen molar-refractivity contribution in [1.82, 2.24) is 5.32 Å². The number of halogens is 3. The predicted molar refractivity (Wildman–Crippen MR) is 103 cm³/mol. The van der Waals surface area contributed by atoms with Crippen LogP contribution in [0.2, 0.25) is 0 Å². The highest BCUT2D eigenvalue weighted by atomic mass is 32.1. The molecule has 0 saturated carbocycles. The molecule has 2 aromatic rings. The first-order valence-corrected chi connectivity index (χ1v) is 9.99. The summed E-state index contributed by atoms with van der Waals surface area (Å²) in [6.07, 6.45) is -3.00. The van der Waals surface area contributed by atoms with E-state index in [0.29, 0.717) is 13.2 Å². The molecule has 9 heteroatoms. The maximum Gasteiger partial charge on any atom is 0.491 e. The van der Waals surface area contributed by atoms with Crippen molar-refractivity contribution >= 4 is 23.3 Å². The fourth-order valence-electron chi connectivity index (χ4n) is 2.42. The maximum atomic E-state index is 12.0. The summed E-state index contributed by atoms with van der Waals surface area (Å²) in [5.74, 6) is -2.87. The standard InChI is InChI=1S/C20H22F3NO4S/c21-20(22,23)19(26)28-18(25)9-12-24-11-1-3-15-5-7-16(8-6-15)27-13-10-17-4-2-14-29-17/h2,4-8,14,24H,1,3,9-13H2. The highest BCUT2D eigenvalue weighted by Crippen LogP contribution is 2.17. The van der Waals surface area contributed by atoms with Crippen molar-refractivity contribution in [2.75, 3.05) is 19.7 Å². The zero-order valence-corrected chi connectivity index (χ0v) is 16.5. The van der Waals surface area contributed by atoms with E-state index in [1.54, 1.807) is 11.3 Å². The van der Waals surface area contributed by atoms with E-state index in [0.717, 1.165) is 30.6 Å². The number of aryl methyl sites for hydroxylation is 1. The second-order valence-electron chi connectivity index (χ2n) is 6.18. The summed E-state index contributed by atoms with van der Waals surface area (Å²) >= 11 is 1.71. The molecule has 158 valence electrons. The molecular formula is C20H22F3NO4S. The van der Waals surface area contributed by atoms with Crippen LogP contribution in [-0.2, 0) is 27.2 Å². The number of hydrogen-bond acceptors (Lipinski definition) is 6. The summed E-state index contributed by atoms with van der Waals surface area (Å²) in [6.45, 7) is 1.35. The van der Waals surface area contributed by atoms with Gasteiger partial charge in [-0.3, -0.25) is 4.79 Å². The molecule has 1 aromatic carbocycles. The molecule has 1 N–H and O–H groups in total. The summed E-state index contributed by atoms with van der Waals surface area (Å²) in [5, 5.41) is 4.98. The lowest BCUT2D eigenvalue weighted by Crippen LogP contribution is -2.29. The van der Waals surface area contributed by atoms with Crippen LogP contribution in [0.4, 0.5) is 13.2 Å². The van der Waals surface area contributed by atoms with Crippen LogP contribution < -0.4 is 10.1 Å². The third-order valence-electron chi connectivity index (χ3n) is 3.88. The Kier molecular flexibility index (Phi) is 9.14. The number of carbonyl (C=O) groups excluding carboxylic acids is 2. The molecule has 1 heterocycles. The van der Waals surface area contributed by atoms with Crippen LogP contribution in [0.15, 0.2) is 41.8 Å². The van der Waals surface area contributed by atoms with Gasteiger partial charge in [-0.1, -0.05) is 18.2 Å². The highest BCUT2D eigenvalue weighted by molar-refractivity contribution is 7.09. The van der Waals surface area contributed by atoms with Crippen LogP contribution in [0.1, 0.15) is 23.3 Å². The number of esters is 2. The molecule has 0 fully saturated rings. The molecule has 5 nitrogen and oxygen atoms in total. The quantitative estimate of drug-likeness (QED) is 0.333. The van der Waals surface area contributed by atoms with Crippen LogP contribution >= 0.6 is 11.3 Å². The Hall–Kier alpha value is -2.39. The molecule has 0 saturated heterocycles. The minimum atomic E-state index is -5.16. The number of benzene rings is 1. The van der Waals surface area contributed by atoms with Gasteiger partial charge in [0, 0.05) is 17.8 Å². The minimum absolute atomic E-state index is 0.140. The Balaban J connectivity index is 1.54. The summed E-state index contributed by atoms with van der Waals surface area (Å²) in [6, 6.07) is 11.9. The van der Waals surface area contributed by atoms with Gasteiger partial charge in [0.05, 0.1) is 13.0 Å². The van der Waals surface area contributed by atoms with E-state index in [1.165, 1.54) is 4.88 Å². The molecule has 0 atom stereocenters. The van der Waals surface area contributed by atoms with E-state index < -0.39 is 18.1 Å². The minimum Gasteiger partial charge on any atom is -0.493 e. The van der Waals surface area contributed by atoms with Crippen molar-refractivity contribution in [2.24, 2.45) is 0 Å². The molecule has 0 bridgehead atoms. The highest BCUT2D eigenvalue weighted by Gasteiger charge is 2.42. The van der Waals surface area contributed by atoms with Gasteiger partial charge in [0.2, 0.25) is 0 Å². The first-order chi connectivity index (χ1) is 13.8. The maximum absolute atomic E-state index is 12.0. The summed E-state index contributed by atoms with van der Waals surface area (Å²) in [7, 11) is 0. The molecule has 2 rings (SSSR count). The van der Waals surface area contributed by atoms with Crippen LogP contribution in [0.25, 0.3) is 0 Å². The Morgan fingerprint density at radius 2 is 1.79 bits per heavy atom. The molecule has 0 radical (unpaired) electrons. The number of nitrogens with one attached hydrogen (secondary N) is 1. The predicted octanol–water partition coefficient (Wildman–Crippen LogP) is 3.91. The van der Waals surface area contributed by atoms with Gasteiger partial charge in [0.15, 0.2) is 0 Å². The van der Waals surface area contributed by atoms with Gasteiger partial charge in [0.25, 0.3) is 0 Å². The zero-order valence-electron chi connectivity index (χ0n) is 15.7. The molecule has 0 unspecified atom stereocenters. The van der Waals surface area contributed by atoms with Crippen molar-refractivity contribution in [3.05, 3.63) is 52.2 Å². The summed E-state index contributed by atoms with van der Waals surface area (Å²) < 4.78 is 45.3. The van der Waals surface area contributed by atoms with E-state index >= 15 is 0 Å². The van der Waals surface area contributed by atoms with E-state index in [9.17, 15) is 22.8 Å². The fraction of sp³-hybridized carbons (Fsp3) is 0.400. The average molecular weight is 429 g/mol. The number of alkyl halides is 3. The van der Waals surface area contributed by atoms with Crippen LogP contribution in [0.3, 0.4) is 0 Å². The third-order valence-corrected chi connectivity index (χ3v) is 4.82. The molecule has 0 aliphatic heterocycles. The fourth-order valence-corrected chi connectivity index (χ4v) is 3.11. The van der Waals surface area contributed by atoms with Crippen molar-refractivity contribution < 1.29 is 32.2 Å². The molecule has 0 aliphatic rings. The molecule has 0 aliphatic carbocycles. The van der Waals surface area contributed by atoms with Gasteiger partial charge in [-0.15, -0.1) is 11.3 Å². The zero-order chi connectivity index (χ0) is 21.1. The van der Waals surface area contributed by atoms with Gasteiger partial charge in [-0.2, -0.15) is 13.2 Å². The number of carbonyl (C=O) groups is 2. The number of thiophene rings is 1. The lowest BCUT2D eigenvalue weighted by molar-refractivity contribution is -0.201. The van der Waals surface area contributed by atoms with Crippen molar-refractivity contribution in [3.8, 4) is 5.75 Å². The monoisotopic (exact) mass is 429 g/mol. The van der Waals surface area contributed by atoms with E-state index in [1.807, 2.05) is 35.7 Å². The molecule has 0 amide bonds. The van der Waals surface area contributed by atoms with Crippen molar-refractivity contribution in [2.45, 2.75) is 31.9 Å². The van der Waals surface area contributed by atoms with Gasteiger partial charge < -0.3 is 14.8 Å². The second-order valence-corrected chi connectivity index (χ2v) is 7.22. The average Bonchev–Trinajstić information content (AvgIpc) is 3.18. The lowest BCUT2D eigenvalue weighted by atomic mass is 10.1. The third kappa shape index (κ3) is 9.10.